The smallest absolute Gasteiger partial charge is 0.330 e. The highest BCUT2D eigenvalue weighted by Gasteiger charge is 2.37. The van der Waals surface area contributed by atoms with Crippen LogP contribution in [-0.4, -0.2) is 64.7 Å². The van der Waals surface area contributed by atoms with E-state index in [1.165, 1.54) is 28.1 Å². The van der Waals surface area contributed by atoms with Gasteiger partial charge in [-0.25, -0.2) is 4.39 Å². The number of amides is 2. The van der Waals surface area contributed by atoms with Gasteiger partial charge >= 0.3 is 7.60 Å². The van der Waals surface area contributed by atoms with Crippen molar-refractivity contribution in [3.63, 3.8) is 0 Å². The van der Waals surface area contributed by atoms with Crippen LogP contribution in [0.15, 0.2) is 42.6 Å². The number of halogens is 1. The fourth-order valence-corrected chi connectivity index (χ4v) is 6.34. The first-order valence-corrected chi connectivity index (χ1v) is 14.2. The lowest BCUT2D eigenvalue weighted by Crippen LogP contribution is -2.29. The number of hydrogen-bond donors (Lipinski definition) is 1. The minimum atomic E-state index is -3.25. The fourth-order valence-electron chi connectivity index (χ4n) is 4.69. The number of rotatable bonds is 11. The number of carbonyl (C=O) groups is 2. The van der Waals surface area contributed by atoms with E-state index in [4.69, 9.17) is 9.05 Å². The maximum Gasteiger partial charge on any atom is 0.330 e. The molecule has 0 aliphatic carbocycles. The van der Waals surface area contributed by atoms with Gasteiger partial charge in [-0.05, 0) is 44.0 Å². The molecule has 1 aromatic heterocycles. The number of benzene rings is 2. The van der Waals surface area contributed by atoms with Gasteiger partial charge in [0.15, 0.2) is 5.75 Å². The normalized spacial score (nSPS) is 13.3. The summed E-state index contributed by atoms with van der Waals surface area (Å²) >= 11 is 0. The molecule has 9 nitrogen and oxygen atoms in total. The number of fused-ring (bicyclic) bond motifs is 2. The summed E-state index contributed by atoms with van der Waals surface area (Å²) in [6.45, 7) is 4.56. The van der Waals surface area contributed by atoms with Gasteiger partial charge in [0.1, 0.15) is 11.3 Å². The second kappa shape index (κ2) is 11.6. The van der Waals surface area contributed by atoms with Gasteiger partial charge in [0.25, 0.3) is 11.8 Å². The SMILES string of the molecule is CCOP(=O)(CCCN(C)C(=O)c1c2c(c(O)c3ncccc13)C(=O)N(Cc1ccc(F)cc1)C2)OCC. The van der Waals surface area contributed by atoms with Crippen molar-refractivity contribution >= 4 is 30.3 Å². The molecule has 0 radical (unpaired) electrons. The zero-order valence-corrected chi connectivity index (χ0v) is 22.5. The van der Waals surface area contributed by atoms with Crippen LogP contribution in [0.25, 0.3) is 10.9 Å². The molecule has 0 atom stereocenters. The molecular formula is C27H31FN3O6P. The summed E-state index contributed by atoms with van der Waals surface area (Å²) in [5.41, 5.74) is 1.63. The highest BCUT2D eigenvalue weighted by molar-refractivity contribution is 7.53. The topological polar surface area (TPSA) is 109 Å². The quantitative estimate of drug-likeness (QED) is 0.340. The summed E-state index contributed by atoms with van der Waals surface area (Å²) in [7, 11) is -1.62. The number of nitrogens with zero attached hydrogens (tertiary/aromatic N) is 3. The Bertz CT molecular complexity index is 1390. The molecule has 0 bridgehead atoms. The van der Waals surface area contributed by atoms with Crippen molar-refractivity contribution in [2.45, 2.75) is 33.4 Å². The van der Waals surface area contributed by atoms with E-state index < -0.39 is 13.5 Å². The minimum Gasteiger partial charge on any atom is -0.505 e. The lowest BCUT2D eigenvalue weighted by molar-refractivity contribution is 0.0758. The molecule has 2 amide bonds. The summed E-state index contributed by atoms with van der Waals surface area (Å²) in [5, 5.41) is 11.4. The maximum absolute atomic E-state index is 13.8. The van der Waals surface area contributed by atoms with Crippen molar-refractivity contribution in [2.75, 3.05) is 33.0 Å². The summed E-state index contributed by atoms with van der Waals surface area (Å²) in [6, 6.07) is 9.17. The van der Waals surface area contributed by atoms with Gasteiger partial charge in [0, 0.05) is 43.8 Å². The lowest BCUT2D eigenvalue weighted by atomic mass is 9.95. The van der Waals surface area contributed by atoms with E-state index in [0.717, 1.165) is 0 Å². The Morgan fingerprint density at radius 1 is 1.18 bits per heavy atom. The average molecular weight is 544 g/mol. The van der Waals surface area contributed by atoms with Crippen molar-refractivity contribution in [2.24, 2.45) is 0 Å². The van der Waals surface area contributed by atoms with Gasteiger partial charge in [-0.3, -0.25) is 19.1 Å². The number of hydrogen-bond acceptors (Lipinski definition) is 7. The largest absolute Gasteiger partial charge is 0.505 e. The van der Waals surface area contributed by atoms with Gasteiger partial charge < -0.3 is 24.0 Å². The molecule has 4 rings (SSSR count). The Kier molecular flexibility index (Phi) is 8.45. The Hall–Kier alpha value is -3.33. The molecule has 1 N–H and O–H groups in total. The van der Waals surface area contributed by atoms with Gasteiger partial charge in [0.05, 0.1) is 30.5 Å². The van der Waals surface area contributed by atoms with Gasteiger partial charge in [-0.1, -0.05) is 18.2 Å². The predicted molar refractivity (Wildman–Crippen MR) is 141 cm³/mol. The van der Waals surface area contributed by atoms with Crippen LogP contribution in [0.3, 0.4) is 0 Å². The molecule has 0 saturated carbocycles. The second-order valence-electron chi connectivity index (χ2n) is 9.01. The van der Waals surface area contributed by atoms with E-state index in [9.17, 15) is 23.7 Å². The third kappa shape index (κ3) is 5.57. The summed E-state index contributed by atoms with van der Waals surface area (Å²) in [6.07, 6.45) is 2.03. The number of aromatic hydroxyl groups is 1. The number of carbonyl (C=O) groups excluding carboxylic acids is 2. The predicted octanol–water partition coefficient (Wildman–Crippen LogP) is 4.96. The third-order valence-corrected chi connectivity index (χ3v) is 8.58. The van der Waals surface area contributed by atoms with Gasteiger partial charge in [0.2, 0.25) is 0 Å². The summed E-state index contributed by atoms with van der Waals surface area (Å²) < 4.78 is 36.8. The molecule has 0 unspecified atom stereocenters. The van der Waals surface area contributed by atoms with E-state index in [0.29, 0.717) is 22.9 Å². The monoisotopic (exact) mass is 543 g/mol. The molecule has 11 heteroatoms. The second-order valence-corrected chi connectivity index (χ2v) is 11.2. The molecule has 1 aliphatic heterocycles. The molecule has 2 aromatic carbocycles. The molecule has 3 aromatic rings. The first-order valence-electron chi connectivity index (χ1n) is 12.5. The summed E-state index contributed by atoms with van der Waals surface area (Å²) in [5.74, 6) is -1.43. The zero-order chi connectivity index (χ0) is 27.4. The third-order valence-electron chi connectivity index (χ3n) is 6.42. The van der Waals surface area contributed by atoms with E-state index in [1.54, 1.807) is 45.2 Å². The molecule has 2 heterocycles. The fraction of sp³-hybridized carbons (Fsp3) is 0.370. The van der Waals surface area contributed by atoms with E-state index in [-0.39, 0.29) is 73.1 Å². The standard InChI is InChI=1S/C27H31FN3O6P/c1-4-36-38(35,37-5-2)15-7-14-30(3)26(33)22-20-8-6-13-29-24(20)25(32)23-21(22)17-31(27(23)34)16-18-9-11-19(28)12-10-18/h6,8-13,32H,4-5,7,14-17H2,1-3H3. The summed E-state index contributed by atoms with van der Waals surface area (Å²) in [4.78, 5) is 34.4. The van der Waals surface area contributed by atoms with Crippen molar-refractivity contribution in [1.29, 1.82) is 0 Å². The van der Waals surface area contributed by atoms with Crippen LogP contribution in [0, 0.1) is 5.82 Å². The van der Waals surface area contributed by atoms with Crippen LogP contribution in [0.2, 0.25) is 0 Å². The van der Waals surface area contributed by atoms with Crippen LogP contribution in [0.1, 0.15) is 52.1 Å². The molecule has 38 heavy (non-hydrogen) atoms. The molecule has 1 aliphatic rings. The molecule has 202 valence electrons. The maximum atomic E-state index is 13.8. The minimum absolute atomic E-state index is 0.0484. The molecule has 0 saturated heterocycles. The van der Waals surface area contributed by atoms with Crippen molar-refractivity contribution in [3.05, 3.63) is 70.7 Å². The Morgan fingerprint density at radius 3 is 2.53 bits per heavy atom. The molecular weight excluding hydrogens is 512 g/mol. The molecule has 0 fully saturated rings. The number of aromatic nitrogens is 1. The van der Waals surface area contributed by atoms with Crippen molar-refractivity contribution in [1.82, 2.24) is 14.8 Å². The average Bonchev–Trinajstić information content (AvgIpc) is 3.21. The highest BCUT2D eigenvalue weighted by atomic mass is 31.2. The van der Waals surface area contributed by atoms with Gasteiger partial charge in [-0.15, -0.1) is 0 Å². The van der Waals surface area contributed by atoms with Gasteiger partial charge in [-0.2, -0.15) is 0 Å². The highest BCUT2D eigenvalue weighted by Crippen LogP contribution is 2.48. The van der Waals surface area contributed by atoms with Crippen LogP contribution in [0.5, 0.6) is 5.75 Å². The zero-order valence-electron chi connectivity index (χ0n) is 21.6. The number of phenolic OH excluding ortho intramolecular Hbond substituents is 1. The number of pyridine rings is 1. The van der Waals surface area contributed by atoms with E-state index in [1.807, 2.05) is 0 Å². The first kappa shape index (κ1) is 27.7. The van der Waals surface area contributed by atoms with E-state index in [2.05, 4.69) is 4.98 Å². The Morgan fingerprint density at radius 2 is 1.87 bits per heavy atom. The lowest BCUT2D eigenvalue weighted by Gasteiger charge is -2.22. The van der Waals surface area contributed by atoms with Crippen LogP contribution in [0.4, 0.5) is 4.39 Å². The Balaban J connectivity index is 1.63. The number of phenols is 1. The van der Waals surface area contributed by atoms with Crippen LogP contribution >= 0.6 is 7.60 Å². The van der Waals surface area contributed by atoms with E-state index >= 15 is 0 Å². The first-order chi connectivity index (χ1) is 18.2. The van der Waals surface area contributed by atoms with Crippen LogP contribution in [-0.2, 0) is 26.7 Å². The van der Waals surface area contributed by atoms with Crippen molar-refractivity contribution in [3.8, 4) is 5.75 Å². The Labute approximate surface area is 220 Å². The molecule has 0 spiro atoms. The van der Waals surface area contributed by atoms with Crippen molar-refractivity contribution < 1.29 is 32.7 Å². The van der Waals surface area contributed by atoms with Crippen LogP contribution < -0.4 is 0 Å².